The number of carbonyl (C=O) groups is 1. The van der Waals surface area contributed by atoms with Crippen LogP contribution in [0.5, 0.6) is 5.75 Å². The van der Waals surface area contributed by atoms with Crippen LogP contribution in [0.3, 0.4) is 0 Å². The minimum absolute atomic E-state index is 0.0144. The van der Waals surface area contributed by atoms with Crippen LogP contribution >= 0.6 is 0 Å². The van der Waals surface area contributed by atoms with Crippen molar-refractivity contribution in [3.05, 3.63) is 63.8 Å². The molecule has 3 aliphatic carbocycles. The van der Waals surface area contributed by atoms with Crippen molar-refractivity contribution in [3.8, 4) is 5.75 Å². The SMILES string of the molecule is CCCOc1ccc(C(=O)C(OC(C)CCC2=C(C)CCCC2(C)C)C2C=C2C(C)CCC2=C(C)CCCC2(C)C)cc1. The van der Waals surface area contributed by atoms with Gasteiger partial charge in [0, 0.05) is 11.5 Å². The van der Waals surface area contributed by atoms with Crippen molar-refractivity contribution in [2.45, 2.75) is 145 Å². The molecule has 43 heavy (non-hydrogen) atoms. The Labute approximate surface area is 263 Å². The van der Waals surface area contributed by atoms with Gasteiger partial charge in [0.25, 0.3) is 0 Å². The van der Waals surface area contributed by atoms with Gasteiger partial charge in [0.2, 0.25) is 0 Å². The van der Waals surface area contributed by atoms with Crippen molar-refractivity contribution >= 4 is 5.78 Å². The maximum atomic E-state index is 14.0. The normalized spacial score (nSPS) is 23.5. The van der Waals surface area contributed by atoms with E-state index >= 15 is 0 Å². The van der Waals surface area contributed by atoms with Gasteiger partial charge in [-0.15, -0.1) is 0 Å². The molecule has 0 spiro atoms. The van der Waals surface area contributed by atoms with E-state index in [4.69, 9.17) is 9.47 Å². The zero-order valence-electron chi connectivity index (χ0n) is 28.9. The standard InChI is InChI=1S/C40H60O3/c1-10-25-42-32-19-17-31(18-20-32)37(41)38(43-30(5)16-22-36-29(4)14-12-24-40(36,8)9)34-26-33(34)27(2)15-21-35-28(3)13-11-23-39(35,6)7/h17-20,26-27,30,34,38H,10-16,21-25H2,1-9H3. The van der Waals surface area contributed by atoms with Gasteiger partial charge in [0.05, 0.1) is 12.7 Å². The Bertz CT molecular complexity index is 1210. The Morgan fingerprint density at radius 1 is 0.884 bits per heavy atom. The van der Waals surface area contributed by atoms with Crippen LogP contribution in [0.25, 0.3) is 0 Å². The monoisotopic (exact) mass is 588 g/mol. The lowest BCUT2D eigenvalue weighted by Gasteiger charge is -2.35. The van der Waals surface area contributed by atoms with Crippen molar-refractivity contribution in [1.29, 1.82) is 0 Å². The van der Waals surface area contributed by atoms with Crippen LogP contribution in [-0.2, 0) is 4.74 Å². The van der Waals surface area contributed by atoms with Gasteiger partial charge in [-0.2, -0.15) is 0 Å². The Morgan fingerprint density at radius 3 is 1.98 bits per heavy atom. The number of ketones is 1. The van der Waals surface area contributed by atoms with Gasteiger partial charge in [-0.1, -0.05) is 75.5 Å². The Balaban J connectivity index is 1.45. The molecular weight excluding hydrogens is 528 g/mol. The molecule has 0 aliphatic heterocycles. The molecule has 0 fully saturated rings. The zero-order chi connectivity index (χ0) is 31.4. The van der Waals surface area contributed by atoms with Gasteiger partial charge in [0.1, 0.15) is 11.9 Å². The van der Waals surface area contributed by atoms with Crippen LogP contribution in [0.1, 0.15) is 143 Å². The molecule has 4 rings (SSSR count). The molecule has 0 saturated carbocycles. The maximum Gasteiger partial charge on any atom is 0.192 e. The van der Waals surface area contributed by atoms with E-state index in [-0.39, 0.29) is 23.2 Å². The molecule has 0 aromatic heterocycles. The highest BCUT2D eigenvalue weighted by Gasteiger charge is 2.42. The molecule has 1 aromatic rings. The highest BCUT2D eigenvalue weighted by atomic mass is 16.5. The fourth-order valence-corrected chi connectivity index (χ4v) is 7.97. The van der Waals surface area contributed by atoms with E-state index in [2.05, 4.69) is 68.4 Å². The van der Waals surface area contributed by atoms with Crippen molar-refractivity contribution < 1.29 is 14.3 Å². The minimum atomic E-state index is -0.462. The van der Waals surface area contributed by atoms with E-state index < -0.39 is 6.10 Å². The molecule has 4 atom stereocenters. The molecule has 0 radical (unpaired) electrons. The van der Waals surface area contributed by atoms with E-state index in [0.717, 1.165) is 37.9 Å². The summed E-state index contributed by atoms with van der Waals surface area (Å²) < 4.78 is 12.5. The summed E-state index contributed by atoms with van der Waals surface area (Å²) in [5, 5.41) is 0. The number of ether oxygens (including phenoxy) is 2. The van der Waals surface area contributed by atoms with Gasteiger partial charge in [-0.05, 0) is 132 Å². The molecule has 3 aliphatic rings. The van der Waals surface area contributed by atoms with Gasteiger partial charge in [0.15, 0.2) is 5.78 Å². The van der Waals surface area contributed by atoms with E-state index in [0.29, 0.717) is 23.5 Å². The average molecular weight is 589 g/mol. The Hall–Kier alpha value is -2.13. The molecule has 0 N–H and O–H groups in total. The number of benzene rings is 1. The third-order valence-electron chi connectivity index (χ3n) is 10.8. The first-order valence-corrected chi connectivity index (χ1v) is 17.4. The van der Waals surface area contributed by atoms with Crippen molar-refractivity contribution in [3.63, 3.8) is 0 Å². The van der Waals surface area contributed by atoms with Crippen molar-refractivity contribution in [2.24, 2.45) is 22.7 Å². The number of Topliss-reactive ketones (excluding diaryl/α,β-unsaturated/α-hetero) is 1. The molecule has 0 saturated heterocycles. The molecular formula is C40H60O3. The third kappa shape index (κ3) is 8.53. The molecule has 3 heteroatoms. The lowest BCUT2D eigenvalue weighted by Crippen LogP contribution is -2.32. The number of carbonyl (C=O) groups excluding carboxylic acids is 1. The van der Waals surface area contributed by atoms with Gasteiger partial charge < -0.3 is 9.47 Å². The summed E-state index contributed by atoms with van der Waals surface area (Å²) >= 11 is 0. The number of hydrogen-bond acceptors (Lipinski definition) is 3. The first-order chi connectivity index (χ1) is 20.3. The number of rotatable bonds is 15. The topological polar surface area (TPSA) is 35.5 Å². The summed E-state index contributed by atoms with van der Waals surface area (Å²) in [6, 6.07) is 7.68. The summed E-state index contributed by atoms with van der Waals surface area (Å²) in [5.74, 6) is 1.47. The smallest absolute Gasteiger partial charge is 0.192 e. The van der Waals surface area contributed by atoms with Crippen LogP contribution < -0.4 is 4.74 Å². The number of hydrogen-bond donors (Lipinski definition) is 0. The lowest BCUT2D eigenvalue weighted by atomic mass is 9.70. The third-order valence-corrected chi connectivity index (χ3v) is 10.8. The molecule has 3 nitrogen and oxygen atoms in total. The van der Waals surface area contributed by atoms with Crippen LogP contribution in [-0.4, -0.2) is 24.6 Å². The second kappa shape index (κ2) is 14.3. The van der Waals surface area contributed by atoms with Crippen molar-refractivity contribution in [2.75, 3.05) is 6.61 Å². The van der Waals surface area contributed by atoms with E-state index in [1.54, 1.807) is 22.3 Å². The summed E-state index contributed by atoms with van der Waals surface area (Å²) in [6.07, 6.45) is 14.7. The minimum Gasteiger partial charge on any atom is -0.494 e. The van der Waals surface area contributed by atoms with Crippen LogP contribution in [0.4, 0.5) is 0 Å². The van der Waals surface area contributed by atoms with Crippen LogP contribution in [0.15, 0.2) is 58.2 Å². The van der Waals surface area contributed by atoms with E-state index in [1.165, 1.54) is 44.1 Å². The van der Waals surface area contributed by atoms with Gasteiger partial charge in [-0.3, -0.25) is 4.79 Å². The predicted octanol–water partition coefficient (Wildman–Crippen LogP) is 11.2. The first kappa shape index (κ1) is 33.8. The Morgan fingerprint density at radius 2 is 1.44 bits per heavy atom. The summed E-state index contributed by atoms with van der Waals surface area (Å²) in [7, 11) is 0. The van der Waals surface area contributed by atoms with E-state index in [1.807, 2.05) is 24.3 Å². The molecule has 0 amide bonds. The second-order valence-electron chi connectivity index (χ2n) is 15.3. The molecule has 0 heterocycles. The highest BCUT2D eigenvalue weighted by molar-refractivity contribution is 6.00. The fraction of sp³-hybridized carbons (Fsp3) is 0.675. The summed E-state index contributed by atoms with van der Waals surface area (Å²) in [6.45, 7) is 21.6. The van der Waals surface area contributed by atoms with Gasteiger partial charge in [-0.25, -0.2) is 0 Å². The molecule has 0 bridgehead atoms. The predicted molar refractivity (Wildman–Crippen MR) is 181 cm³/mol. The van der Waals surface area contributed by atoms with Crippen molar-refractivity contribution in [1.82, 2.24) is 0 Å². The quantitative estimate of drug-likeness (QED) is 0.151. The highest BCUT2D eigenvalue weighted by Crippen LogP contribution is 2.47. The second-order valence-corrected chi connectivity index (χ2v) is 15.3. The molecule has 238 valence electrons. The van der Waals surface area contributed by atoms with Gasteiger partial charge >= 0.3 is 0 Å². The maximum absolute atomic E-state index is 14.0. The average Bonchev–Trinajstić information content (AvgIpc) is 3.74. The molecule has 4 unspecified atom stereocenters. The largest absolute Gasteiger partial charge is 0.494 e. The number of allylic oxidation sites excluding steroid dienone is 4. The summed E-state index contributed by atoms with van der Waals surface area (Å²) in [4.78, 5) is 14.0. The summed E-state index contributed by atoms with van der Waals surface area (Å²) in [5.41, 5.74) is 9.14. The van der Waals surface area contributed by atoms with Crippen LogP contribution in [0, 0.1) is 22.7 Å². The Kier molecular flexibility index (Phi) is 11.2. The fourth-order valence-electron chi connectivity index (χ4n) is 7.97. The lowest BCUT2D eigenvalue weighted by molar-refractivity contribution is -0.00607. The molecule has 1 aromatic carbocycles. The van der Waals surface area contributed by atoms with Crippen LogP contribution in [0.2, 0.25) is 0 Å². The first-order valence-electron chi connectivity index (χ1n) is 17.4. The zero-order valence-corrected chi connectivity index (χ0v) is 28.9. The van der Waals surface area contributed by atoms with E-state index in [9.17, 15) is 4.79 Å².